The summed E-state index contributed by atoms with van der Waals surface area (Å²) in [6, 6.07) is 19.6. The number of furan rings is 1. The molecule has 0 unspecified atom stereocenters. The van der Waals surface area contributed by atoms with Gasteiger partial charge in [-0.25, -0.2) is 0 Å². The van der Waals surface area contributed by atoms with Crippen molar-refractivity contribution in [1.29, 1.82) is 0 Å². The van der Waals surface area contributed by atoms with Gasteiger partial charge in [-0.3, -0.25) is 14.6 Å². The van der Waals surface area contributed by atoms with Gasteiger partial charge in [0, 0.05) is 36.1 Å². The highest BCUT2D eigenvalue weighted by Gasteiger charge is 2.30. The predicted molar refractivity (Wildman–Crippen MR) is 127 cm³/mol. The number of carbonyl (C=O) groups excluding carboxylic acids is 2. The van der Waals surface area contributed by atoms with Crippen LogP contribution < -0.4 is 10.6 Å². The third kappa shape index (κ3) is 6.26. The molecule has 4 rings (SSSR count). The molecule has 0 aliphatic rings. The number of carbonyl (C=O) groups is 2. The van der Waals surface area contributed by atoms with E-state index in [1.807, 2.05) is 0 Å². The first-order valence-electron chi connectivity index (χ1n) is 10.8. The van der Waals surface area contributed by atoms with Crippen molar-refractivity contribution in [2.45, 2.75) is 12.7 Å². The lowest BCUT2D eigenvalue weighted by molar-refractivity contribution is -0.137. The quantitative estimate of drug-likeness (QED) is 0.337. The van der Waals surface area contributed by atoms with E-state index in [0.29, 0.717) is 5.56 Å². The maximum atomic E-state index is 13.1. The van der Waals surface area contributed by atoms with E-state index in [4.69, 9.17) is 4.42 Å². The fourth-order valence-corrected chi connectivity index (χ4v) is 3.30. The highest BCUT2D eigenvalue weighted by atomic mass is 19.4. The van der Waals surface area contributed by atoms with E-state index in [1.165, 1.54) is 30.3 Å². The third-order valence-corrected chi connectivity index (χ3v) is 5.09. The van der Waals surface area contributed by atoms with Crippen molar-refractivity contribution in [2.75, 3.05) is 0 Å². The highest BCUT2D eigenvalue weighted by Crippen LogP contribution is 2.32. The van der Waals surface area contributed by atoms with Gasteiger partial charge in [-0.05, 0) is 48.0 Å². The number of nitrogens with zero attached hydrogens (tertiary/aromatic N) is 1. The van der Waals surface area contributed by atoms with E-state index in [1.54, 1.807) is 54.9 Å². The fraction of sp³-hybridized carbons (Fsp3) is 0.0741. The maximum absolute atomic E-state index is 13.1. The topological polar surface area (TPSA) is 84.2 Å². The number of amides is 2. The van der Waals surface area contributed by atoms with Crippen LogP contribution in [0.15, 0.2) is 101 Å². The molecular weight excluding hydrogens is 471 g/mol. The van der Waals surface area contributed by atoms with Crippen LogP contribution in [0.2, 0.25) is 0 Å². The van der Waals surface area contributed by atoms with Crippen molar-refractivity contribution < 1.29 is 27.2 Å². The molecule has 0 fully saturated rings. The number of aromatic nitrogens is 1. The van der Waals surface area contributed by atoms with Gasteiger partial charge in [-0.15, -0.1) is 0 Å². The van der Waals surface area contributed by atoms with Gasteiger partial charge >= 0.3 is 6.18 Å². The molecule has 36 heavy (non-hydrogen) atoms. The molecule has 0 aliphatic carbocycles. The van der Waals surface area contributed by atoms with Gasteiger partial charge in [0.1, 0.15) is 17.2 Å². The minimum atomic E-state index is -4.49. The van der Waals surface area contributed by atoms with Crippen LogP contribution in [0, 0.1) is 0 Å². The SMILES string of the molecule is O=C(NCc1cccnc1)/C(=C/c1ccc(-c2cccc(C(F)(F)F)c2)o1)NC(=O)c1ccccc1. The molecule has 0 spiro atoms. The standard InChI is InChI=1S/C27H20F3N3O3/c28-27(29,30)21-10-4-9-20(14-21)24-12-11-22(36-24)15-23(33-25(34)19-7-2-1-3-8-19)26(35)32-17-18-6-5-13-31-16-18/h1-16H,17H2,(H,32,35)(H,33,34)/b23-15-. The Labute approximate surface area is 204 Å². The average molecular weight is 491 g/mol. The summed E-state index contributed by atoms with van der Waals surface area (Å²) >= 11 is 0. The molecule has 0 aliphatic heterocycles. The first-order chi connectivity index (χ1) is 17.3. The summed E-state index contributed by atoms with van der Waals surface area (Å²) < 4.78 is 44.9. The van der Waals surface area contributed by atoms with Gasteiger partial charge < -0.3 is 15.1 Å². The van der Waals surface area contributed by atoms with Crippen LogP contribution in [0.3, 0.4) is 0 Å². The molecule has 9 heteroatoms. The number of benzene rings is 2. The molecule has 0 bridgehead atoms. The summed E-state index contributed by atoms with van der Waals surface area (Å²) in [6.07, 6.45) is 0.0266. The van der Waals surface area contributed by atoms with Gasteiger partial charge in [-0.1, -0.05) is 36.4 Å². The van der Waals surface area contributed by atoms with Gasteiger partial charge in [0.15, 0.2) is 0 Å². The van der Waals surface area contributed by atoms with Crippen molar-refractivity contribution >= 4 is 17.9 Å². The molecule has 0 atom stereocenters. The number of halogens is 3. The summed E-state index contributed by atoms with van der Waals surface area (Å²) in [6.45, 7) is 0.166. The van der Waals surface area contributed by atoms with Gasteiger partial charge in [0.25, 0.3) is 11.8 Å². The van der Waals surface area contributed by atoms with E-state index in [2.05, 4.69) is 15.6 Å². The molecule has 0 saturated heterocycles. The lowest BCUT2D eigenvalue weighted by atomic mass is 10.1. The summed E-state index contributed by atoms with van der Waals surface area (Å²) in [5.41, 5.74) is 0.411. The smallest absolute Gasteiger partial charge is 0.416 e. The van der Waals surface area contributed by atoms with Crippen LogP contribution in [0.4, 0.5) is 13.2 Å². The van der Waals surface area contributed by atoms with Crippen LogP contribution >= 0.6 is 0 Å². The van der Waals surface area contributed by atoms with E-state index in [0.717, 1.165) is 17.7 Å². The minimum Gasteiger partial charge on any atom is -0.457 e. The Morgan fingerprint density at radius 3 is 2.47 bits per heavy atom. The Hall–Kier alpha value is -4.66. The largest absolute Gasteiger partial charge is 0.457 e. The number of pyridine rings is 1. The van der Waals surface area contributed by atoms with E-state index in [-0.39, 0.29) is 29.3 Å². The zero-order valence-electron chi connectivity index (χ0n) is 18.8. The molecule has 0 saturated carbocycles. The lowest BCUT2D eigenvalue weighted by Crippen LogP contribution is -2.34. The molecule has 4 aromatic rings. The van der Waals surface area contributed by atoms with Crippen molar-refractivity contribution in [3.8, 4) is 11.3 Å². The van der Waals surface area contributed by atoms with Crippen LogP contribution in [-0.4, -0.2) is 16.8 Å². The number of alkyl halides is 3. The molecule has 2 amide bonds. The van der Waals surface area contributed by atoms with E-state index >= 15 is 0 Å². The van der Waals surface area contributed by atoms with Gasteiger partial charge in [-0.2, -0.15) is 13.2 Å². The molecule has 6 nitrogen and oxygen atoms in total. The number of hydrogen-bond acceptors (Lipinski definition) is 4. The van der Waals surface area contributed by atoms with Gasteiger partial charge in [0.2, 0.25) is 0 Å². The zero-order chi connectivity index (χ0) is 25.5. The second kappa shape index (κ2) is 10.7. The first-order valence-corrected chi connectivity index (χ1v) is 10.8. The van der Waals surface area contributed by atoms with Crippen molar-refractivity contribution in [2.24, 2.45) is 0 Å². The van der Waals surface area contributed by atoms with Crippen LogP contribution in [-0.2, 0) is 17.5 Å². The Morgan fingerprint density at radius 1 is 0.944 bits per heavy atom. The minimum absolute atomic E-state index is 0.0994. The molecule has 2 heterocycles. The Morgan fingerprint density at radius 2 is 1.75 bits per heavy atom. The first kappa shape index (κ1) is 24.5. The molecular formula is C27H20F3N3O3. The van der Waals surface area contributed by atoms with E-state index in [9.17, 15) is 22.8 Å². The fourth-order valence-electron chi connectivity index (χ4n) is 3.30. The predicted octanol–water partition coefficient (Wildman–Crippen LogP) is 5.45. The molecule has 182 valence electrons. The molecule has 2 aromatic heterocycles. The Kier molecular flexibility index (Phi) is 7.29. The van der Waals surface area contributed by atoms with E-state index < -0.39 is 23.6 Å². The number of nitrogens with one attached hydrogen (secondary N) is 2. The summed E-state index contributed by atoms with van der Waals surface area (Å²) in [7, 11) is 0. The van der Waals surface area contributed by atoms with Crippen LogP contribution in [0.5, 0.6) is 0 Å². The van der Waals surface area contributed by atoms with Gasteiger partial charge in [0.05, 0.1) is 5.56 Å². The molecule has 0 radical (unpaired) electrons. The van der Waals surface area contributed by atoms with Crippen LogP contribution in [0.25, 0.3) is 17.4 Å². The molecule has 2 N–H and O–H groups in total. The summed E-state index contributed by atoms with van der Waals surface area (Å²) in [4.78, 5) is 29.6. The van der Waals surface area contributed by atoms with Crippen molar-refractivity contribution in [3.63, 3.8) is 0 Å². The number of rotatable bonds is 7. The maximum Gasteiger partial charge on any atom is 0.416 e. The monoisotopic (exact) mass is 491 g/mol. The third-order valence-electron chi connectivity index (χ3n) is 5.09. The Balaban J connectivity index is 1.59. The lowest BCUT2D eigenvalue weighted by Gasteiger charge is -2.11. The summed E-state index contributed by atoms with van der Waals surface area (Å²) in [5.74, 6) is -0.748. The highest BCUT2D eigenvalue weighted by molar-refractivity contribution is 6.05. The number of hydrogen-bond donors (Lipinski definition) is 2. The van der Waals surface area contributed by atoms with Crippen LogP contribution in [0.1, 0.15) is 27.2 Å². The average Bonchev–Trinajstić information content (AvgIpc) is 3.36. The molecule has 2 aromatic carbocycles. The van der Waals surface area contributed by atoms with Crippen molar-refractivity contribution in [1.82, 2.24) is 15.6 Å². The second-order valence-electron chi connectivity index (χ2n) is 7.70. The second-order valence-corrected chi connectivity index (χ2v) is 7.70. The normalized spacial score (nSPS) is 11.7. The Bertz CT molecular complexity index is 1380. The summed E-state index contributed by atoms with van der Waals surface area (Å²) in [5, 5.41) is 5.29. The zero-order valence-corrected chi connectivity index (χ0v) is 18.8. The van der Waals surface area contributed by atoms with Crippen molar-refractivity contribution in [3.05, 3.63) is 119 Å².